The summed E-state index contributed by atoms with van der Waals surface area (Å²) in [6, 6.07) is 10.6. The third-order valence-corrected chi connectivity index (χ3v) is 6.45. The molecule has 1 aromatic heterocycles. The number of likely N-dealkylation sites (tertiary alicyclic amines) is 1. The number of imidazole rings is 1. The van der Waals surface area contributed by atoms with Crippen molar-refractivity contribution in [1.82, 2.24) is 14.5 Å². The van der Waals surface area contributed by atoms with Gasteiger partial charge in [-0.3, -0.25) is 4.90 Å². The largest absolute Gasteiger partial charge is 0.324 e. The van der Waals surface area contributed by atoms with Crippen molar-refractivity contribution in [2.45, 2.75) is 51.1 Å². The molecule has 3 heterocycles. The lowest BCUT2D eigenvalue weighted by molar-refractivity contribution is 0.196. The van der Waals surface area contributed by atoms with E-state index < -0.39 is 0 Å². The number of hydrogen-bond donors (Lipinski definition) is 0. The summed E-state index contributed by atoms with van der Waals surface area (Å²) in [6.07, 6.45) is 3.99. The Balaban J connectivity index is 1.36. The molecule has 0 saturated carbocycles. The van der Waals surface area contributed by atoms with Crippen LogP contribution >= 0.6 is 0 Å². The first kappa shape index (κ1) is 17.8. The van der Waals surface area contributed by atoms with Crippen LogP contribution in [0.1, 0.15) is 55.1 Å². The van der Waals surface area contributed by atoms with E-state index in [0.29, 0.717) is 12.0 Å². The molecule has 1 fully saturated rings. The number of aromatic nitrogens is 2. The molecule has 0 aliphatic carbocycles. The van der Waals surface area contributed by atoms with Gasteiger partial charge in [0.1, 0.15) is 17.5 Å². The van der Waals surface area contributed by atoms with Crippen LogP contribution in [0.2, 0.25) is 0 Å². The number of rotatable bonds is 3. The Morgan fingerprint density at radius 1 is 1.04 bits per heavy atom. The summed E-state index contributed by atoms with van der Waals surface area (Å²) in [5.74, 6) is 1.12. The van der Waals surface area contributed by atoms with Crippen molar-refractivity contribution in [3.05, 3.63) is 65.0 Å². The first-order chi connectivity index (χ1) is 13.6. The van der Waals surface area contributed by atoms with Crippen LogP contribution in [0.3, 0.4) is 0 Å². The van der Waals surface area contributed by atoms with Crippen LogP contribution in [0, 0.1) is 11.6 Å². The normalized spacial score (nSPS) is 20.8. The minimum Gasteiger partial charge on any atom is -0.324 e. The van der Waals surface area contributed by atoms with Crippen molar-refractivity contribution in [2.75, 3.05) is 13.1 Å². The highest BCUT2D eigenvalue weighted by atomic mass is 19.1. The monoisotopic (exact) mass is 381 g/mol. The Morgan fingerprint density at radius 2 is 1.86 bits per heavy atom. The lowest BCUT2D eigenvalue weighted by Crippen LogP contribution is -2.33. The van der Waals surface area contributed by atoms with Gasteiger partial charge in [-0.25, -0.2) is 13.8 Å². The zero-order chi connectivity index (χ0) is 19.3. The summed E-state index contributed by atoms with van der Waals surface area (Å²) < 4.78 is 29.8. The lowest BCUT2D eigenvalue weighted by Gasteiger charge is -2.33. The van der Waals surface area contributed by atoms with Crippen LogP contribution in [0.5, 0.6) is 0 Å². The number of nitrogens with zero attached hydrogens (tertiary/aromatic N) is 3. The van der Waals surface area contributed by atoms with Crippen LogP contribution in [-0.2, 0) is 13.0 Å². The Morgan fingerprint density at radius 3 is 2.64 bits per heavy atom. The number of aryl methyl sites for hydroxylation is 1. The van der Waals surface area contributed by atoms with E-state index in [4.69, 9.17) is 4.98 Å². The Labute approximate surface area is 164 Å². The average molecular weight is 381 g/mol. The predicted molar refractivity (Wildman–Crippen MR) is 106 cm³/mol. The van der Waals surface area contributed by atoms with Crippen molar-refractivity contribution in [3.8, 4) is 0 Å². The second-order valence-corrected chi connectivity index (χ2v) is 8.32. The van der Waals surface area contributed by atoms with Crippen molar-refractivity contribution in [2.24, 2.45) is 0 Å². The predicted octanol–water partition coefficient (Wildman–Crippen LogP) is 5.20. The molecule has 0 spiro atoms. The maximum atomic E-state index is 14.0. The number of halogens is 2. The van der Waals surface area contributed by atoms with Crippen LogP contribution < -0.4 is 0 Å². The van der Waals surface area contributed by atoms with Crippen molar-refractivity contribution >= 4 is 11.0 Å². The van der Waals surface area contributed by atoms with E-state index in [2.05, 4.69) is 16.4 Å². The van der Waals surface area contributed by atoms with Gasteiger partial charge in [-0.1, -0.05) is 12.1 Å². The highest BCUT2D eigenvalue weighted by Gasteiger charge is 2.26. The number of hydrogen-bond acceptors (Lipinski definition) is 2. The topological polar surface area (TPSA) is 21.1 Å². The average Bonchev–Trinajstić information content (AvgIpc) is 3.04. The van der Waals surface area contributed by atoms with Gasteiger partial charge in [0.05, 0.1) is 17.6 Å². The fourth-order valence-electron chi connectivity index (χ4n) is 4.98. The molecule has 3 aromatic rings. The van der Waals surface area contributed by atoms with Gasteiger partial charge in [0.2, 0.25) is 0 Å². The van der Waals surface area contributed by atoms with Gasteiger partial charge in [0, 0.05) is 12.1 Å². The first-order valence-electron chi connectivity index (χ1n) is 10.3. The third-order valence-electron chi connectivity index (χ3n) is 6.45. The van der Waals surface area contributed by atoms with Crippen LogP contribution in [-0.4, -0.2) is 27.5 Å². The number of piperidine rings is 1. The third kappa shape index (κ3) is 3.12. The van der Waals surface area contributed by atoms with Gasteiger partial charge < -0.3 is 4.57 Å². The number of benzene rings is 2. The van der Waals surface area contributed by atoms with E-state index in [1.54, 1.807) is 24.3 Å². The quantitative estimate of drug-likeness (QED) is 0.622. The van der Waals surface area contributed by atoms with E-state index in [0.717, 1.165) is 73.3 Å². The molecule has 2 aliphatic rings. The first-order valence-corrected chi connectivity index (χ1v) is 10.3. The zero-order valence-corrected chi connectivity index (χ0v) is 16.2. The van der Waals surface area contributed by atoms with Crippen molar-refractivity contribution in [1.29, 1.82) is 0 Å². The molecule has 0 bridgehead atoms. The molecule has 2 aromatic carbocycles. The molecule has 1 atom stereocenters. The summed E-state index contributed by atoms with van der Waals surface area (Å²) in [7, 11) is 0. The van der Waals surface area contributed by atoms with E-state index in [9.17, 15) is 8.78 Å². The minimum atomic E-state index is -0.191. The highest BCUT2D eigenvalue weighted by molar-refractivity contribution is 5.80. The second-order valence-electron chi connectivity index (χ2n) is 8.32. The summed E-state index contributed by atoms with van der Waals surface area (Å²) in [6.45, 7) is 4.96. The molecule has 3 nitrogen and oxygen atoms in total. The molecule has 5 heteroatoms. The summed E-state index contributed by atoms with van der Waals surface area (Å²) >= 11 is 0. The molecule has 0 radical (unpaired) electrons. The van der Waals surface area contributed by atoms with Crippen molar-refractivity contribution < 1.29 is 8.78 Å². The standard InChI is InChI=1S/C23H25F2N3/c1-15-5-6-18-12-20(25)13-21-23(18)28(15)22(26-21)14-27-9-7-16(8-10-27)17-3-2-4-19(24)11-17/h2-4,11-13,15-16H,5-10,14H2,1H3. The smallest absolute Gasteiger partial charge is 0.125 e. The molecule has 0 N–H and O–H groups in total. The summed E-state index contributed by atoms with van der Waals surface area (Å²) in [4.78, 5) is 7.24. The van der Waals surface area contributed by atoms with Crippen LogP contribution in [0.4, 0.5) is 8.78 Å². The van der Waals surface area contributed by atoms with Gasteiger partial charge >= 0.3 is 0 Å². The van der Waals surface area contributed by atoms with E-state index in [-0.39, 0.29) is 11.6 Å². The minimum absolute atomic E-state index is 0.153. The Hall–Kier alpha value is -2.27. The fraction of sp³-hybridized carbons (Fsp3) is 0.435. The molecule has 28 heavy (non-hydrogen) atoms. The van der Waals surface area contributed by atoms with Gasteiger partial charge in [-0.05, 0) is 80.9 Å². The summed E-state index contributed by atoms with van der Waals surface area (Å²) in [5.41, 5.74) is 4.09. The zero-order valence-electron chi connectivity index (χ0n) is 16.2. The van der Waals surface area contributed by atoms with E-state index in [1.165, 1.54) is 6.07 Å². The summed E-state index contributed by atoms with van der Waals surface area (Å²) in [5, 5.41) is 0. The molecule has 1 saturated heterocycles. The van der Waals surface area contributed by atoms with E-state index >= 15 is 0 Å². The van der Waals surface area contributed by atoms with Gasteiger partial charge in [0.25, 0.3) is 0 Å². The Kier molecular flexibility index (Phi) is 4.43. The van der Waals surface area contributed by atoms with Crippen molar-refractivity contribution in [3.63, 3.8) is 0 Å². The maximum absolute atomic E-state index is 14.0. The molecule has 2 aliphatic heterocycles. The van der Waals surface area contributed by atoms with Gasteiger partial charge in [-0.2, -0.15) is 0 Å². The SMILES string of the molecule is CC1CCc2cc(F)cc3nc(CN4CCC(c5cccc(F)c5)CC4)n1c23. The van der Waals surface area contributed by atoms with Crippen LogP contribution in [0.15, 0.2) is 36.4 Å². The van der Waals surface area contributed by atoms with E-state index in [1.807, 2.05) is 6.07 Å². The Bertz CT molecular complexity index is 1020. The van der Waals surface area contributed by atoms with Gasteiger partial charge in [-0.15, -0.1) is 0 Å². The van der Waals surface area contributed by atoms with Crippen LogP contribution in [0.25, 0.3) is 11.0 Å². The molecule has 1 unspecified atom stereocenters. The lowest BCUT2D eigenvalue weighted by atomic mass is 9.89. The highest BCUT2D eigenvalue weighted by Crippen LogP contribution is 2.34. The molecule has 0 amide bonds. The van der Waals surface area contributed by atoms with Gasteiger partial charge in [0.15, 0.2) is 0 Å². The molecule has 146 valence electrons. The molecular formula is C23H25F2N3. The maximum Gasteiger partial charge on any atom is 0.125 e. The second kappa shape index (κ2) is 6.96. The molecule has 5 rings (SSSR count). The fourth-order valence-corrected chi connectivity index (χ4v) is 4.98. The molecular weight excluding hydrogens is 356 g/mol.